The summed E-state index contributed by atoms with van der Waals surface area (Å²) in [6, 6.07) is 13.6. The minimum atomic E-state index is -4.29. The Morgan fingerprint density at radius 1 is 0.905 bits per heavy atom. The summed E-state index contributed by atoms with van der Waals surface area (Å²) in [6.07, 6.45) is -4.29. The first-order valence-corrected chi connectivity index (χ1v) is 6.75. The number of hydrogen-bond donors (Lipinski definition) is 0. The summed E-state index contributed by atoms with van der Waals surface area (Å²) < 4.78 is 38.0. The molecular formula is C17H18F3N. The Bertz CT molecular complexity index is 605. The van der Waals surface area contributed by atoms with Gasteiger partial charge >= 0.3 is 6.18 Å². The zero-order chi connectivity index (χ0) is 15.5. The smallest absolute Gasteiger partial charge is 0.298 e. The molecule has 0 atom stereocenters. The van der Waals surface area contributed by atoms with Crippen molar-refractivity contribution in [3.8, 4) is 0 Å². The molecule has 0 aliphatic rings. The highest BCUT2D eigenvalue weighted by Crippen LogP contribution is 2.29. The van der Waals surface area contributed by atoms with Gasteiger partial charge in [-0.05, 0) is 31.2 Å². The zero-order valence-electron chi connectivity index (χ0n) is 12.1. The number of nitrogens with zero attached hydrogens (tertiary/aromatic N) is 1. The quantitative estimate of drug-likeness (QED) is 0.793. The van der Waals surface area contributed by atoms with Crippen LogP contribution in [-0.2, 0) is 19.3 Å². The largest absolute Gasteiger partial charge is 0.416 e. The van der Waals surface area contributed by atoms with Crippen LogP contribution in [0.4, 0.5) is 13.2 Å². The molecule has 0 aromatic heterocycles. The summed E-state index contributed by atoms with van der Waals surface area (Å²) >= 11 is 0. The van der Waals surface area contributed by atoms with Crippen molar-refractivity contribution in [3.05, 3.63) is 70.8 Å². The third-order valence-electron chi connectivity index (χ3n) is 3.24. The highest BCUT2D eigenvalue weighted by atomic mass is 19.4. The molecule has 2 rings (SSSR count). The first kappa shape index (κ1) is 15.6. The van der Waals surface area contributed by atoms with Crippen LogP contribution in [0, 0.1) is 6.92 Å². The van der Waals surface area contributed by atoms with E-state index < -0.39 is 11.7 Å². The number of aryl methyl sites for hydroxylation is 1. The molecular weight excluding hydrogens is 275 g/mol. The molecule has 0 radical (unpaired) electrons. The lowest BCUT2D eigenvalue weighted by atomic mass is 10.1. The zero-order valence-corrected chi connectivity index (χ0v) is 12.1. The third kappa shape index (κ3) is 4.60. The minimum Gasteiger partial charge on any atom is -0.298 e. The van der Waals surface area contributed by atoms with Gasteiger partial charge in [0.1, 0.15) is 0 Å². The third-order valence-corrected chi connectivity index (χ3v) is 3.24. The van der Waals surface area contributed by atoms with E-state index in [2.05, 4.69) is 6.07 Å². The van der Waals surface area contributed by atoms with E-state index in [1.807, 2.05) is 37.1 Å². The maximum Gasteiger partial charge on any atom is 0.416 e. The van der Waals surface area contributed by atoms with Gasteiger partial charge in [-0.25, -0.2) is 0 Å². The lowest BCUT2D eigenvalue weighted by Crippen LogP contribution is -2.17. The molecule has 0 heterocycles. The van der Waals surface area contributed by atoms with Crippen molar-refractivity contribution in [2.45, 2.75) is 26.2 Å². The molecule has 4 heteroatoms. The Kier molecular flexibility index (Phi) is 4.68. The molecule has 0 amide bonds. The van der Waals surface area contributed by atoms with E-state index in [4.69, 9.17) is 0 Å². The summed E-state index contributed by atoms with van der Waals surface area (Å²) in [5.74, 6) is 0. The number of alkyl halides is 3. The van der Waals surface area contributed by atoms with Gasteiger partial charge in [-0.3, -0.25) is 4.90 Å². The molecule has 0 aliphatic heterocycles. The van der Waals surface area contributed by atoms with Crippen LogP contribution in [0.25, 0.3) is 0 Å². The van der Waals surface area contributed by atoms with Crippen molar-refractivity contribution in [2.75, 3.05) is 7.05 Å². The second-order valence-corrected chi connectivity index (χ2v) is 5.36. The molecule has 0 bridgehead atoms. The highest BCUT2D eigenvalue weighted by Gasteiger charge is 2.30. The van der Waals surface area contributed by atoms with Gasteiger partial charge in [-0.15, -0.1) is 0 Å². The van der Waals surface area contributed by atoms with Gasteiger partial charge in [0.05, 0.1) is 5.56 Å². The Hall–Kier alpha value is -1.81. The second-order valence-electron chi connectivity index (χ2n) is 5.36. The lowest BCUT2D eigenvalue weighted by Gasteiger charge is -2.18. The lowest BCUT2D eigenvalue weighted by molar-refractivity contribution is -0.137. The fourth-order valence-electron chi connectivity index (χ4n) is 2.34. The molecule has 0 fully saturated rings. The fourth-order valence-corrected chi connectivity index (χ4v) is 2.34. The number of benzene rings is 2. The Morgan fingerprint density at radius 2 is 1.48 bits per heavy atom. The summed E-state index contributed by atoms with van der Waals surface area (Å²) in [5, 5.41) is 0. The molecule has 0 spiro atoms. The summed E-state index contributed by atoms with van der Waals surface area (Å²) in [7, 11) is 1.91. The second kappa shape index (κ2) is 6.31. The van der Waals surface area contributed by atoms with Crippen molar-refractivity contribution in [2.24, 2.45) is 0 Å². The van der Waals surface area contributed by atoms with Gasteiger partial charge in [0.25, 0.3) is 0 Å². The monoisotopic (exact) mass is 293 g/mol. The maximum atomic E-state index is 12.7. The molecule has 2 aromatic rings. The summed E-state index contributed by atoms with van der Waals surface area (Å²) in [5.41, 5.74) is 2.41. The van der Waals surface area contributed by atoms with Gasteiger partial charge in [-0.1, -0.05) is 48.0 Å². The van der Waals surface area contributed by atoms with Crippen molar-refractivity contribution in [1.29, 1.82) is 0 Å². The fraction of sp³-hybridized carbons (Fsp3) is 0.294. The topological polar surface area (TPSA) is 3.24 Å². The van der Waals surface area contributed by atoms with Crippen LogP contribution in [0.5, 0.6) is 0 Å². The van der Waals surface area contributed by atoms with E-state index in [1.165, 1.54) is 17.7 Å². The van der Waals surface area contributed by atoms with Crippen molar-refractivity contribution < 1.29 is 13.2 Å². The van der Waals surface area contributed by atoms with Crippen molar-refractivity contribution >= 4 is 0 Å². The van der Waals surface area contributed by atoms with E-state index >= 15 is 0 Å². The van der Waals surface area contributed by atoms with Crippen LogP contribution in [0.3, 0.4) is 0 Å². The predicted molar refractivity (Wildman–Crippen MR) is 77.8 cm³/mol. The molecule has 2 aromatic carbocycles. The van der Waals surface area contributed by atoms with Gasteiger partial charge in [0, 0.05) is 13.1 Å². The average Bonchev–Trinajstić information content (AvgIpc) is 2.37. The van der Waals surface area contributed by atoms with E-state index in [1.54, 1.807) is 6.07 Å². The van der Waals surface area contributed by atoms with Crippen LogP contribution >= 0.6 is 0 Å². The van der Waals surface area contributed by atoms with E-state index in [0.29, 0.717) is 18.7 Å². The molecule has 0 saturated carbocycles. The van der Waals surface area contributed by atoms with Gasteiger partial charge in [0.2, 0.25) is 0 Å². The van der Waals surface area contributed by atoms with Gasteiger partial charge in [-0.2, -0.15) is 13.2 Å². The summed E-state index contributed by atoms with van der Waals surface area (Å²) in [6.45, 7) is 3.21. The van der Waals surface area contributed by atoms with Gasteiger partial charge < -0.3 is 0 Å². The maximum absolute atomic E-state index is 12.7. The SMILES string of the molecule is Cc1cccc(CN(C)Cc2cccc(C(F)(F)F)c2)c1. The van der Waals surface area contributed by atoms with E-state index in [-0.39, 0.29) is 0 Å². The average molecular weight is 293 g/mol. The number of hydrogen-bond acceptors (Lipinski definition) is 1. The molecule has 112 valence electrons. The summed E-state index contributed by atoms with van der Waals surface area (Å²) in [4.78, 5) is 2.00. The minimum absolute atomic E-state index is 0.484. The molecule has 0 saturated heterocycles. The molecule has 0 N–H and O–H groups in total. The number of rotatable bonds is 4. The van der Waals surface area contributed by atoms with Crippen LogP contribution in [0.15, 0.2) is 48.5 Å². The van der Waals surface area contributed by atoms with E-state index in [0.717, 1.165) is 11.6 Å². The molecule has 21 heavy (non-hydrogen) atoms. The standard InChI is InChI=1S/C17H18F3N/c1-13-5-3-6-14(9-13)11-21(2)12-15-7-4-8-16(10-15)17(18,19)20/h3-10H,11-12H2,1-2H3. The number of halogens is 3. The van der Waals surface area contributed by atoms with Gasteiger partial charge in [0.15, 0.2) is 0 Å². The Balaban J connectivity index is 2.04. The van der Waals surface area contributed by atoms with Crippen LogP contribution in [0.2, 0.25) is 0 Å². The van der Waals surface area contributed by atoms with Crippen molar-refractivity contribution in [3.63, 3.8) is 0 Å². The molecule has 1 nitrogen and oxygen atoms in total. The van der Waals surface area contributed by atoms with E-state index in [9.17, 15) is 13.2 Å². The Labute approximate surface area is 123 Å². The van der Waals surface area contributed by atoms with Crippen LogP contribution in [-0.4, -0.2) is 11.9 Å². The highest BCUT2D eigenvalue weighted by molar-refractivity contribution is 5.26. The van der Waals surface area contributed by atoms with Crippen molar-refractivity contribution in [1.82, 2.24) is 4.90 Å². The predicted octanol–water partition coefficient (Wildman–Crippen LogP) is 4.65. The van der Waals surface area contributed by atoms with Crippen LogP contribution in [0.1, 0.15) is 22.3 Å². The molecule has 0 aliphatic carbocycles. The molecule has 0 unspecified atom stereocenters. The first-order valence-electron chi connectivity index (χ1n) is 6.75. The Morgan fingerprint density at radius 3 is 2.05 bits per heavy atom. The normalized spacial score (nSPS) is 11.9. The first-order chi connectivity index (χ1) is 9.84. The van der Waals surface area contributed by atoms with Crippen LogP contribution < -0.4 is 0 Å².